The van der Waals surface area contributed by atoms with Crippen LogP contribution in [0.3, 0.4) is 0 Å². The van der Waals surface area contributed by atoms with Crippen LogP contribution in [0.5, 0.6) is 11.5 Å². The molecular formula is C20H22O4. The van der Waals surface area contributed by atoms with E-state index in [2.05, 4.69) is 0 Å². The zero-order valence-electron chi connectivity index (χ0n) is 14.1. The van der Waals surface area contributed by atoms with Crippen LogP contribution in [0.15, 0.2) is 42.5 Å². The molecule has 3 rings (SSSR count). The van der Waals surface area contributed by atoms with Crippen LogP contribution in [0.1, 0.15) is 36.5 Å². The van der Waals surface area contributed by atoms with E-state index in [9.17, 15) is 4.79 Å². The molecule has 24 heavy (non-hydrogen) atoms. The number of hydrogen-bond acceptors (Lipinski definition) is 4. The summed E-state index contributed by atoms with van der Waals surface area (Å²) < 4.78 is 16.8. The van der Waals surface area contributed by atoms with Crippen molar-refractivity contribution in [3.8, 4) is 22.6 Å². The highest BCUT2D eigenvalue weighted by Crippen LogP contribution is 2.29. The predicted octanol–water partition coefficient (Wildman–Crippen LogP) is 4.47. The second-order valence-electron chi connectivity index (χ2n) is 5.91. The van der Waals surface area contributed by atoms with Crippen LogP contribution < -0.4 is 9.47 Å². The van der Waals surface area contributed by atoms with E-state index in [1.54, 1.807) is 13.2 Å². The third kappa shape index (κ3) is 3.77. The fourth-order valence-electron chi connectivity index (χ4n) is 2.84. The second-order valence-corrected chi connectivity index (χ2v) is 5.91. The molecule has 0 bridgehead atoms. The van der Waals surface area contributed by atoms with Gasteiger partial charge in [0.25, 0.3) is 0 Å². The molecular weight excluding hydrogens is 304 g/mol. The fourth-order valence-corrected chi connectivity index (χ4v) is 2.84. The molecule has 126 valence electrons. The molecule has 1 saturated heterocycles. The van der Waals surface area contributed by atoms with Gasteiger partial charge >= 0.3 is 0 Å². The standard InChI is InChI=1S/C20H22O4/c1-14(21)18-11-8-16(13-19(18)22-2)15-6-9-17(10-7-15)24-20-5-3-4-12-23-20/h6-11,13,20H,3-5,12H2,1-2H3. The monoisotopic (exact) mass is 326 g/mol. The molecule has 1 atom stereocenters. The van der Waals surface area contributed by atoms with Crippen molar-refractivity contribution in [2.75, 3.05) is 13.7 Å². The molecule has 2 aromatic carbocycles. The van der Waals surface area contributed by atoms with Gasteiger partial charge in [-0.3, -0.25) is 4.79 Å². The highest BCUT2D eigenvalue weighted by molar-refractivity contribution is 5.97. The normalized spacial score (nSPS) is 17.3. The van der Waals surface area contributed by atoms with E-state index in [1.165, 1.54) is 6.92 Å². The predicted molar refractivity (Wildman–Crippen MR) is 92.7 cm³/mol. The highest BCUT2D eigenvalue weighted by atomic mass is 16.7. The van der Waals surface area contributed by atoms with Gasteiger partial charge in [0.15, 0.2) is 12.1 Å². The third-order valence-electron chi connectivity index (χ3n) is 4.17. The third-order valence-corrected chi connectivity index (χ3v) is 4.17. The SMILES string of the molecule is COc1cc(-c2ccc(OC3CCCCO3)cc2)ccc1C(C)=O. The van der Waals surface area contributed by atoms with E-state index in [4.69, 9.17) is 14.2 Å². The van der Waals surface area contributed by atoms with Gasteiger partial charge in [-0.05, 0) is 55.2 Å². The minimum Gasteiger partial charge on any atom is -0.496 e. The Morgan fingerprint density at radius 2 is 1.83 bits per heavy atom. The summed E-state index contributed by atoms with van der Waals surface area (Å²) in [6, 6.07) is 13.5. The van der Waals surface area contributed by atoms with Crippen molar-refractivity contribution in [3.05, 3.63) is 48.0 Å². The van der Waals surface area contributed by atoms with E-state index in [0.717, 1.165) is 42.7 Å². The number of methoxy groups -OCH3 is 1. The Morgan fingerprint density at radius 1 is 1.08 bits per heavy atom. The number of rotatable bonds is 5. The Balaban J connectivity index is 1.76. The molecule has 4 heteroatoms. The number of benzene rings is 2. The average Bonchev–Trinajstić information content (AvgIpc) is 2.62. The summed E-state index contributed by atoms with van der Waals surface area (Å²) in [6.45, 7) is 2.31. The van der Waals surface area contributed by atoms with Gasteiger partial charge in [0.1, 0.15) is 11.5 Å². The van der Waals surface area contributed by atoms with E-state index in [1.807, 2.05) is 36.4 Å². The van der Waals surface area contributed by atoms with Crippen LogP contribution in [0.2, 0.25) is 0 Å². The number of ketones is 1. The summed E-state index contributed by atoms with van der Waals surface area (Å²) in [5.74, 6) is 1.39. The zero-order valence-corrected chi connectivity index (χ0v) is 14.1. The van der Waals surface area contributed by atoms with Crippen molar-refractivity contribution in [2.45, 2.75) is 32.5 Å². The van der Waals surface area contributed by atoms with E-state index in [-0.39, 0.29) is 12.1 Å². The topological polar surface area (TPSA) is 44.8 Å². The number of hydrogen-bond donors (Lipinski definition) is 0. The van der Waals surface area contributed by atoms with E-state index < -0.39 is 0 Å². The van der Waals surface area contributed by atoms with Gasteiger partial charge in [-0.15, -0.1) is 0 Å². The van der Waals surface area contributed by atoms with Crippen LogP contribution in [0, 0.1) is 0 Å². The van der Waals surface area contributed by atoms with Gasteiger partial charge in [0, 0.05) is 6.42 Å². The van der Waals surface area contributed by atoms with Crippen LogP contribution >= 0.6 is 0 Å². The highest BCUT2D eigenvalue weighted by Gasteiger charge is 2.15. The first-order chi connectivity index (χ1) is 11.7. The Morgan fingerprint density at radius 3 is 2.46 bits per heavy atom. The summed E-state index contributed by atoms with van der Waals surface area (Å²) in [6.07, 6.45) is 3.05. The van der Waals surface area contributed by atoms with Crippen LogP contribution in [-0.2, 0) is 4.74 Å². The van der Waals surface area contributed by atoms with E-state index >= 15 is 0 Å². The fraction of sp³-hybridized carbons (Fsp3) is 0.350. The Labute approximate surface area is 142 Å². The largest absolute Gasteiger partial charge is 0.496 e. The zero-order chi connectivity index (χ0) is 16.9. The van der Waals surface area contributed by atoms with E-state index in [0.29, 0.717) is 11.3 Å². The number of ether oxygens (including phenoxy) is 3. The first kappa shape index (κ1) is 16.5. The molecule has 0 N–H and O–H groups in total. The van der Waals surface area contributed by atoms with Crippen molar-refractivity contribution >= 4 is 5.78 Å². The molecule has 1 aliphatic rings. The Bertz CT molecular complexity index is 700. The van der Waals surface area contributed by atoms with Gasteiger partial charge < -0.3 is 14.2 Å². The van der Waals surface area contributed by atoms with Crippen LogP contribution in [-0.4, -0.2) is 25.8 Å². The van der Waals surface area contributed by atoms with Gasteiger partial charge in [-0.1, -0.05) is 18.2 Å². The summed E-state index contributed by atoms with van der Waals surface area (Å²) in [5.41, 5.74) is 2.63. The molecule has 1 aliphatic heterocycles. The maximum atomic E-state index is 11.6. The van der Waals surface area contributed by atoms with Crippen molar-refractivity contribution in [3.63, 3.8) is 0 Å². The lowest BCUT2D eigenvalue weighted by Crippen LogP contribution is -2.24. The molecule has 0 spiro atoms. The first-order valence-electron chi connectivity index (χ1n) is 8.25. The van der Waals surface area contributed by atoms with Gasteiger partial charge in [0.05, 0.1) is 19.3 Å². The maximum Gasteiger partial charge on any atom is 0.199 e. The van der Waals surface area contributed by atoms with Crippen molar-refractivity contribution in [2.24, 2.45) is 0 Å². The molecule has 0 aliphatic carbocycles. The minimum absolute atomic E-state index is 0.00497. The van der Waals surface area contributed by atoms with Crippen molar-refractivity contribution in [1.82, 2.24) is 0 Å². The molecule has 0 amide bonds. The maximum absolute atomic E-state index is 11.6. The molecule has 2 aromatic rings. The first-order valence-corrected chi connectivity index (χ1v) is 8.25. The molecule has 4 nitrogen and oxygen atoms in total. The number of carbonyl (C=O) groups is 1. The molecule has 1 fully saturated rings. The lowest BCUT2D eigenvalue weighted by Gasteiger charge is -2.23. The van der Waals surface area contributed by atoms with Crippen molar-refractivity contribution < 1.29 is 19.0 Å². The van der Waals surface area contributed by atoms with Crippen molar-refractivity contribution in [1.29, 1.82) is 0 Å². The lowest BCUT2D eigenvalue weighted by atomic mass is 10.0. The average molecular weight is 326 g/mol. The smallest absolute Gasteiger partial charge is 0.199 e. The number of Topliss-reactive ketones (excluding diaryl/α,β-unsaturated/α-hetero) is 1. The summed E-state index contributed by atoms with van der Waals surface area (Å²) in [5, 5.41) is 0. The summed E-state index contributed by atoms with van der Waals surface area (Å²) in [7, 11) is 1.58. The molecule has 0 saturated carbocycles. The minimum atomic E-state index is -0.139. The Hall–Kier alpha value is -2.33. The quantitative estimate of drug-likeness (QED) is 0.761. The molecule has 0 radical (unpaired) electrons. The van der Waals surface area contributed by atoms with Gasteiger partial charge in [-0.25, -0.2) is 0 Å². The number of carbonyl (C=O) groups excluding carboxylic acids is 1. The van der Waals surface area contributed by atoms with Gasteiger partial charge in [-0.2, -0.15) is 0 Å². The molecule has 1 unspecified atom stereocenters. The lowest BCUT2D eigenvalue weighted by molar-refractivity contribution is -0.105. The van der Waals surface area contributed by atoms with Crippen LogP contribution in [0.4, 0.5) is 0 Å². The van der Waals surface area contributed by atoms with Crippen LogP contribution in [0.25, 0.3) is 11.1 Å². The molecule has 1 heterocycles. The van der Waals surface area contributed by atoms with Gasteiger partial charge in [0.2, 0.25) is 0 Å². The molecule has 0 aromatic heterocycles. The summed E-state index contributed by atoms with van der Waals surface area (Å²) >= 11 is 0. The second kappa shape index (κ2) is 7.49. The summed E-state index contributed by atoms with van der Waals surface area (Å²) in [4.78, 5) is 11.6. The Kier molecular flexibility index (Phi) is 5.16.